The van der Waals surface area contributed by atoms with Crippen LogP contribution in [0.25, 0.3) is 0 Å². The van der Waals surface area contributed by atoms with E-state index in [1.807, 2.05) is 6.92 Å². The monoisotopic (exact) mass is 285 g/mol. The van der Waals surface area contributed by atoms with Crippen molar-refractivity contribution in [2.24, 2.45) is 5.73 Å². The molecule has 0 aliphatic heterocycles. The first-order valence-corrected chi connectivity index (χ1v) is 6.05. The van der Waals surface area contributed by atoms with Gasteiger partial charge in [0.1, 0.15) is 0 Å². The van der Waals surface area contributed by atoms with E-state index < -0.39 is 0 Å². The molecule has 0 bridgehead atoms. The normalized spacial score (nSPS) is 9.37. The van der Waals surface area contributed by atoms with E-state index in [4.69, 9.17) is 5.73 Å². The van der Waals surface area contributed by atoms with E-state index >= 15 is 0 Å². The molecule has 106 valence electrons. The molecule has 0 saturated heterocycles. The summed E-state index contributed by atoms with van der Waals surface area (Å²) < 4.78 is 0. The number of nitrogens with one attached hydrogen (secondary N) is 2. The molecular weight excluding hydrogens is 266 g/mol. The molecule has 0 unspecified atom stereocenters. The number of hydrogen-bond donors (Lipinski definition) is 3. The first-order chi connectivity index (χ1) is 8.69. The third kappa shape index (κ3) is 5.72. The second kappa shape index (κ2) is 9.35. The molecule has 4 N–H and O–H groups in total. The summed E-state index contributed by atoms with van der Waals surface area (Å²) in [7, 11) is 0. The van der Waals surface area contributed by atoms with Crippen molar-refractivity contribution in [2.45, 2.75) is 13.3 Å². The van der Waals surface area contributed by atoms with E-state index in [0.29, 0.717) is 30.8 Å². The van der Waals surface area contributed by atoms with E-state index in [2.05, 4.69) is 10.6 Å². The lowest BCUT2D eigenvalue weighted by atomic mass is 10.1. The van der Waals surface area contributed by atoms with Crippen LogP contribution in [0.3, 0.4) is 0 Å². The van der Waals surface area contributed by atoms with Crippen molar-refractivity contribution < 1.29 is 9.59 Å². The minimum Gasteiger partial charge on any atom is -0.352 e. The Balaban J connectivity index is 0.00000324. The van der Waals surface area contributed by atoms with E-state index in [1.54, 1.807) is 24.3 Å². The van der Waals surface area contributed by atoms with Crippen LogP contribution in [-0.4, -0.2) is 31.4 Å². The van der Waals surface area contributed by atoms with Gasteiger partial charge in [-0.1, -0.05) is 13.0 Å². The average Bonchev–Trinajstić information content (AvgIpc) is 2.42. The maximum atomic E-state index is 11.7. The Hall–Kier alpha value is -1.59. The van der Waals surface area contributed by atoms with Crippen LogP contribution in [0.1, 0.15) is 34.1 Å². The van der Waals surface area contributed by atoms with Gasteiger partial charge in [-0.2, -0.15) is 0 Å². The molecule has 0 fully saturated rings. The van der Waals surface area contributed by atoms with Gasteiger partial charge in [-0.05, 0) is 24.6 Å². The van der Waals surface area contributed by atoms with E-state index in [-0.39, 0.29) is 24.2 Å². The van der Waals surface area contributed by atoms with Crippen LogP contribution >= 0.6 is 12.4 Å². The Labute approximate surface area is 119 Å². The van der Waals surface area contributed by atoms with E-state index in [0.717, 1.165) is 6.42 Å². The molecule has 6 heteroatoms. The fourth-order valence-corrected chi connectivity index (χ4v) is 1.43. The third-order valence-corrected chi connectivity index (χ3v) is 2.35. The molecule has 0 radical (unpaired) electrons. The maximum absolute atomic E-state index is 11.7. The number of hydrogen-bond acceptors (Lipinski definition) is 3. The second-order valence-corrected chi connectivity index (χ2v) is 3.88. The third-order valence-electron chi connectivity index (χ3n) is 2.35. The molecule has 0 heterocycles. The molecule has 1 rings (SSSR count). The van der Waals surface area contributed by atoms with Gasteiger partial charge < -0.3 is 16.4 Å². The summed E-state index contributed by atoms with van der Waals surface area (Å²) in [6.45, 7) is 3.42. The summed E-state index contributed by atoms with van der Waals surface area (Å²) in [6.07, 6.45) is 0.877. The molecular formula is C13H20ClN3O2. The molecule has 5 nitrogen and oxygen atoms in total. The zero-order valence-electron chi connectivity index (χ0n) is 10.9. The largest absolute Gasteiger partial charge is 0.352 e. The van der Waals surface area contributed by atoms with Gasteiger partial charge in [0, 0.05) is 30.8 Å². The number of benzene rings is 1. The summed E-state index contributed by atoms with van der Waals surface area (Å²) in [5.74, 6) is -0.379. The summed E-state index contributed by atoms with van der Waals surface area (Å²) >= 11 is 0. The molecule has 0 saturated carbocycles. The number of amides is 2. The lowest BCUT2D eigenvalue weighted by Crippen LogP contribution is -2.29. The highest BCUT2D eigenvalue weighted by molar-refractivity contribution is 5.99. The highest BCUT2D eigenvalue weighted by Gasteiger charge is 2.09. The first-order valence-electron chi connectivity index (χ1n) is 6.05. The zero-order chi connectivity index (χ0) is 13.4. The van der Waals surface area contributed by atoms with Gasteiger partial charge in [0.15, 0.2) is 0 Å². The van der Waals surface area contributed by atoms with E-state index in [9.17, 15) is 9.59 Å². The molecule has 19 heavy (non-hydrogen) atoms. The topological polar surface area (TPSA) is 84.2 Å². The molecule has 0 aromatic heterocycles. The predicted molar refractivity (Wildman–Crippen MR) is 77.7 cm³/mol. The Bertz CT molecular complexity index is 389. The maximum Gasteiger partial charge on any atom is 0.251 e. The summed E-state index contributed by atoms with van der Waals surface area (Å²) in [5.41, 5.74) is 6.26. The van der Waals surface area contributed by atoms with Crippen LogP contribution in [0.15, 0.2) is 24.3 Å². The number of carbonyl (C=O) groups excluding carboxylic acids is 2. The Morgan fingerprint density at radius 1 is 1.11 bits per heavy atom. The van der Waals surface area contributed by atoms with Crippen LogP contribution in [0.2, 0.25) is 0 Å². The summed E-state index contributed by atoms with van der Waals surface area (Å²) in [4.78, 5) is 23.4. The van der Waals surface area contributed by atoms with Crippen LogP contribution in [-0.2, 0) is 0 Å². The van der Waals surface area contributed by atoms with Crippen molar-refractivity contribution in [3.63, 3.8) is 0 Å². The van der Waals surface area contributed by atoms with Crippen molar-refractivity contribution in [1.29, 1.82) is 0 Å². The average molecular weight is 286 g/mol. The molecule has 2 amide bonds. The molecule has 0 aliphatic carbocycles. The van der Waals surface area contributed by atoms with Gasteiger partial charge >= 0.3 is 0 Å². The molecule has 0 spiro atoms. The Kier molecular flexibility index (Phi) is 8.57. The quantitative estimate of drug-likeness (QED) is 0.727. The van der Waals surface area contributed by atoms with Crippen LogP contribution in [0, 0.1) is 0 Å². The number of rotatable bonds is 6. The van der Waals surface area contributed by atoms with Crippen LogP contribution < -0.4 is 16.4 Å². The fraction of sp³-hybridized carbons (Fsp3) is 0.385. The predicted octanol–water partition coefficient (Wildman–Crippen LogP) is 0.937. The lowest BCUT2D eigenvalue weighted by Gasteiger charge is -2.06. The standard InChI is InChI=1S/C13H19N3O2.ClH/c1-2-7-15-12(17)10-4-3-5-11(9-10)13(18)16-8-6-14;/h3-5,9H,2,6-8,14H2,1H3,(H,15,17)(H,16,18);1H. The van der Waals surface area contributed by atoms with Crippen molar-refractivity contribution in [2.75, 3.05) is 19.6 Å². The number of nitrogens with two attached hydrogens (primary N) is 1. The van der Waals surface area contributed by atoms with Crippen molar-refractivity contribution in [3.05, 3.63) is 35.4 Å². The Morgan fingerprint density at radius 2 is 1.63 bits per heavy atom. The Morgan fingerprint density at radius 3 is 2.11 bits per heavy atom. The van der Waals surface area contributed by atoms with Gasteiger partial charge in [0.25, 0.3) is 11.8 Å². The zero-order valence-corrected chi connectivity index (χ0v) is 11.8. The fourth-order valence-electron chi connectivity index (χ4n) is 1.43. The second-order valence-electron chi connectivity index (χ2n) is 3.88. The van der Waals surface area contributed by atoms with E-state index in [1.165, 1.54) is 0 Å². The van der Waals surface area contributed by atoms with Gasteiger partial charge in [-0.15, -0.1) is 12.4 Å². The smallest absolute Gasteiger partial charge is 0.251 e. The summed E-state index contributed by atoms with van der Waals surface area (Å²) in [6, 6.07) is 6.63. The van der Waals surface area contributed by atoms with Gasteiger partial charge in [0.2, 0.25) is 0 Å². The van der Waals surface area contributed by atoms with Crippen molar-refractivity contribution in [3.8, 4) is 0 Å². The molecule has 1 aromatic rings. The van der Waals surface area contributed by atoms with Gasteiger partial charge in [0.05, 0.1) is 0 Å². The van der Waals surface area contributed by atoms with Gasteiger partial charge in [-0.3, -0.25) is 9.59 Å². The lowest BCUT2D eigenvalue weighted by molar-refractivity contribution is 0.0953. The first kappa shape index (κ1) is 17.4. The summed E-state index contributed by atoms with van der Waals surface area (Å²) in [5, 5.41) is 5.43. The van der Waals surface area contributed by atoms with Crippen molar-refractivity contribution in [1.82, 2.24) is 10.6 Å². The minimum absolute atomic E-state index is 0. The van der Waals surface area contributed by atoms with Crippen molar-refractivity contribution >= 4 is 24.2 Å². The minimum atomic E-state index is -0.217. The molecule has 0 atom stereocenters. The van der Waals surface area contributed by atoms with Crippen LogP contribution in [0.4, 0.5) is 0 Å². The van der Waals surface area contributed by atoms with Crippen LogP contribution in [0.5, 0.6) is 0 Å². The molecule has 0 aliphatic rings. The number of halogens is 1. The van der Waals surface area contributed by atoms with Gasteiger partial charge in [-0.25, -0.2) is 0 Å². The number of carbonyl (C=O) groups is 2. The highest BCUT2D eigenvalue weighted by atomic mass is 35.5. The highest BCUT2D eigenvalue weighted by Crippen LogP contribution is 2.05. The SMILES string of the molecule is CCCNC(=O)c1cccc(C(=O)NCCN)c1.Cl. The molecule has 1 aromatic carbocycles.